The number of aliphatic hydroxyl groups is 1. The van der Waals surface area contributed by atoms with Crippen molar-refractivity contribution in [1.82, 2.24) is 10.1 Å². The fraction of sp³-hybridized carbons (Fsp3) is 0.818. The Hall–Kier alpha value is -0.650. The van der Waals surface area contributed by atoms with Crippen LogP contribution in [0.1, 0.15) is 49.2 Å². The van der Waals surface area contributed by atoms with E-state index < -0.39 is 0 Å². The Morgan fingerprint density at radius 2 is 2.06 bits per heavy atom. The molecule has 6 heteroatoms. The van der Waals surface area contributed by atoms with Crippen LogP contribution in [0, 0.1) is 5.92 Å². The van der Waals surface area contributed by atoms with E-state index in [9.17, 15) is 5.11 Å². The Kier molecular flexibility index (Phi) is 3.70. The van der Waals surface area contributed by atoms with Gasteiger partial charge in [0.25, 0.3) is 0 Å². The van der Waals surface area contributed by atoms with Crippen LogP contribution in [0.2, 0.25) is 0 Å². The molecule has 2 saturated carbocycles. The van der Waals surface area contributed by atoms with Crippen molar-refractivity contribution in [3.05, 3.63) is 11.7 Å². The summed E-state index contributed by atoms with van der Waals surface area (Å²) >= 11 is 0. The Bertz CT molecular complexity index is 381. The summed E-state index contributed by atoms with van der Waals surface area (Å²) in [5, 5.41) is 13.8. The van der Waals surface area contributed by atoms with Gasteiger partial charge in [-0.25, -0.2) is 0 Å². The van der Waals surface area contributed by atoms with E-state index in [1.54, 1.807) is 0 Å². The van der Waals surface area contributed by atoms with Gasteiger partial charge in [0.15, 0.2) is 5.82 Å². The Morgan fingerprint density at radius 3 is 2.65 bits per heavy atom. The van der Waals surface area contributed by atoms with E-state index in [-0.39, 0.29) is 30.3 Å². The van der Waals surface area contributed by atoms with Crippen LogP contribution in [-0.2, 0) is 0 Å². The molecule has 0 radical (unpaired) electrons. The van der Waals surface area contributed by atoms with Gasteiger partial charge in [-0.15, -0.1) is 12.4 Å². The third-order valence-corrected chi connectivity index (χ3v) is 3.71. The lowest BCUT2D eigenvalue weighted by Crippen LogP contribution is -2.21. The van der Waals surface area contributed by atoms with Crippen LogP contribution in [0.3, 0.4) is 0 Å². The number of nitrogens with two attached hydrogens (primary N) is 1. The minimum atomic E-state index is -0.314. The number of halogens is 1. The molecular weight excluding hydrogens is 242 g/mol. The highest BCUT2D eigenvalue weighted by Crippen LogP contribution is 2.41. The molecule has 0 bridgehead atoms. The predicted octanol–water partition coefficient (Wildman–Crippen LogP) is 1.18. The summed E-state index contributed by atoms with van der Waals surface area (Å²) in [5.74, 6) is 2.44. The maximum Gasteiger partial charge on any atom is 0.229 e. The van der Waals surface area contributed by atoms with Crippen molar-refractivity contribution in [3.63, 3.8) is 0 Å². The van der Waals surface area contributed by atoms with Gasteiger partial charge in [0, 0.05) is 11.8 Å². The van der Waals surface area contributed by atoms with Crippen LogP contribution in [0.4, 0.5) is 0 Å². The molecule has 0 aliphatic heterocycles. The summed E-state index contributed by atoms with van der Waals surface area (Å²) in [4.78, 5) is 4.43. The van der Waals surface area contributed by atoms with Crippen LogP contribution in [-0.4, -0.2) is 27.9 Å². The van der Waals surface area contributed by atoms with E-state index >= 15 is 0 Å². The first-order valence-corrected chi connectivity index (χ1v) is 5.99. The predicted molar refractivity (Wildman–Crippen MR) is 64.0 cm³/mol. The van der Waals surface area contributed by atoms with Gasteiger partial charge in [-0.2, -0.15) is 4.98 Å². The minimum absolute atomic E-state index is 0. The molecule has 3 N–H and O–H groups in total. The molecule has 96 valence electrons. The highest BCUT2D eigenvalue weighted by Gasteiger charge is 2.37. The molecule has 1 aromatic heterocycles. The van der Waals surface area contributed by atoms with Crippen molar-refractivity contribution in [2.45, 2.75) is 43.6 Å². The largest absolute Gasteiger partial charge is 0.393 e. The van der Waals surface area contributed by atoms with Crippen LogP contribution in [0.15, 0.2) is 4.52 Å². The van der Waals surface area contributed by atoms with Gasteiger partial charge < -0.3 is 15.4 Å². The minimum Gasteiger partial charge on any atom is -0.393 e. The number of aromatic nitrogens is 2. The zero-order valence-electron chi connectivity index (χ0n) is 9.58. The number of rotatable bonds is 3. The average molecular weight is 260 g/mol. The fourth-order valence-corrected chi connectivity index (χ4v) is 2.48. The molecule has 3 atom stereocenters. The fourth-order valence-electron chi connectivity index (χ4n) is 2.48. The normalized spacial score (nSPS) is 32.5. The topological polar surface area (TPSA) is 85.2 Å². The molecule has 0 spiro atoms. The summed E-state index contributed by atoms with van der Waals surface area (Å²) in [6.45, 7) is 0.529. The molecule has 3 rings (SSSR count). The second-order valence-electron chi connectivity index (χ2n) is 5.00. The van der Waals surface area contributed by atoms with Gasteiger partial charge in [0.1, 0.15) is 0 Å². The van der Waals surface area contributed by atoms with Gasteiger partial charge in [-0.1, -0.05) is 5.16 Å². The van der Waals surface area contributed by atoms with E-state index in [1.165, 1.54) is 12.8 Å². The lowest BCUT2D eigenvalue weighted by atomic mass is 10.0. The third kappa shape index (κ3) is 2.46. The first-order chi connectivity index (χ1) is 7.78. The quantitative estimate of drug-likeness (QED) is 0.852. The van der Waals surface area contributed by atoms with Gasteiger partial charge in [0.2, 0.25) is 5.89 Å². The summed E-state index contributed by atoms with van der Waals surface area (Å²) in [6.07, 6.45) is 3.61. The van der Waals surface area contributed by atoms with E-state index in [2.05, 4.69) is 10.1 Å². The molecule has 1 aromatic rings. The third-order valence-electron chi connectivity index (χ3n) is 3.71. The Morgan fingerprint density at radius 1 is 1.29 bits per heavy atom. The second kappa shape index (κ2) is 4.92. The number of hydrogen-bond acceptors (Lipinski definition) is 5. The molecule has 0 saturated heterocycles. The highest BCUT2D eigenvalue weighted by molar-refractivity contribution is 5.85. The van der Waals surface area contributed by atoms with Crippen LogP contribution in [0.5, 0.6) is 0 Å². The lowest BCUT2D eigenvalue weighted by molar-refractivity contribution is 0.135. The Labute approximate surface area is 106 Å². The van der Waals surface area contributed by atoms with E-state index in [0.717, 1.165) is 12.2 Å². The van der Waals surface area contributed by atoms with Gasteiger partial charge in [0.05, 0.1) is 6.10 Å². The number of aliphatic hydroxyl groups excluding tert-OH is 1. The standard InChI is InChI=1S/C11H17N3O2.ClH/c12-5-8-3-7(4-9(8)15)11-13-10(14-16-11)6-1-2-6;/h6-9,15H,1-5,12H2;1H/t7-,8+,9+;/m1./s1. The van der Waals surface area contributed by atoms with E-state index in [4.69, 9.17) is 10.3 Å². The molecule has 2 aliphatic rings. The molecule has 0 amide bonds. The van der Waals surface area contributed by atoms with Crippen molar-refractivity contribution in [2.75, 3.05) is 6.54 Å². The maximum atomic E-state index is 9.78. The Balaban J connectivity index is 0.00000108. The van der Waals surface area contributed by atoms with E-state index in [0.29, 0.717) is 24.8 Å². The molecule has 0 unspecified atom stereocenters. The van der Waals surface area contributed by atoms with Crippen molar-refractivity contribution >= 4 is 12.4 Å². The summed E-state index contributed by atoms with van der Waals surface area (Å²) in [7, 11) is 0. The molecule has 17 heavy (non-hydrogen) atoms. The SMILES string of the molecule is Cl.NC[C@@H]1C[C@@H](c2nc(C3CC3)no2)C[C@@H]1O. The summed E-state index contributed by atoms with van der Waals surface area (Å²) in [5.41, 5.74) is 5.60. The van der Waals surface area contributed by atoms with Gasteiger partial charge in [-0.05, 0) is 38.1 Å². The van der Waals surface area contributed by atoms with Crippen molar-refractivity contribution in [3.8, 4) is 0 Å². The lowest BCUT2D eigenvalue weighted by Gasteiger charge is -2.09. The van der Waals surface area contributed by atoms with E-state index in [1.807, 2.05) is 0 Å². The highest BCUT2D eigenvalue weighted by atomic mass is 35.5. The smallest absolute Gasteiger partial charge is 0.229 e. The number of hydrogen-bond donors (Lipinski definition) is 2. The van der Waals surface area contributed by atoms with Gasteiger partial charge in [-0.3, -0.25) is 0 Å². The molecule has 0 aromatic carbocycles. The first-order valence-electron chi connectivity index (χ1n) is 5.99. The maximum absolute atomic E-state index is 9.78. The molecule has 2 fully saturated rings. The average Bonchev–Trinajstić information content (AvgIpc) is 2.89. The van der Waals surface area contributed by atoms with Crippen LogP contribution >= 0.6 is 12.4 Å². The van der Waals surface area contributed by atoms with Crippen LogP contribution in [0.25, 0.3) is 0 Å². The van der Waals surface area contributed by atoms with Crippen molar-refractivity contribution < 1.29 is 9.63 Å². The second-order valence-corrected chi connectivity index (χ2v) is 5.00. The van der Waals surface area contributed by atoms with Gasteiger partial charge >= 0.3 is 0 Å². The molecule has 5 nitrogen and oxygen atoms in total. The molecule has 2 aliphatic carbocycles. The first kappa shape index (κ1) is 12.8. The molecular formula is C11H18ClN3O2. The molecule has 1 heterocycles. The van der Waals surface area contributed by atoms with Crippen LogP contribution < -0.4 is 5.73 Å². The number of nitrogens with zero attached hydrogens (tertiary/aromatic N) is 2. The summed E-state index contributed by atoms with van der Waals surface area (Å²) in [6, 6.07) is 0. The van der Waals surface area contributed by atoms with Crippen molar-refractivity contribution in [2.24, 2.45) is 11.7 Å². The zero-order valence-corrected chi connectivity index (χ0v) is 10.4. The summed E-state index contributed by atoms with van der Waals surface area (Å²) < 4.78 is 5.28. The monoisotopic (exact) mass is 259 g/mol. The zero-order chi connectivity index (χ0) is 11.1. The van der Waals surface area contributed by atoms with Crippen molar-refractivity contribution in [1.29, 1.82) is 0 Å².